The Labute approximate surface area is 128 Å². The molecule has 7 heteroatoms. The number of carboxylic acids is 1. The minimum Gasteiger partial charge on any atom is -0.480 e. The Balaban J connectivity index is 1.94. The van der Waals surface area contributed by atoms with Gasteiger partial charge in [-0.3, -0.25) is 14.5 Å². The SMILES string of the molecule is CN1CCN([C@@H](CC(=O)Nc2ccc(F)cc2)C(=O)O)CC1. The van der Waals surface area contributed by atoms with Crippen LogP contribution in [0.3, 0.4) is 0 Å². The fourth-order valence-electron chi connectivity index (χ4n) is 2.43. The molecule has 1 aliphatic rings. The van der Waals surface area contributed by atoms with Crippen molar-refractivity contribution in [1.29, 1.82) is 0 Å². The number of carboxylic acid groups (broad SMARTS) is 1. The van der Waals surface area contributed by atoms with Gasteiger partial charge in [0.25, 0.3) is 0 Å². The number of benzene rings is 1. The average molecular weight is 309 g/mol. The lowest BCUT2D eigenvalue weighted by Crippen LogP contribution is -2.52. The van der Waals surface area contributed by atoms with E-state index in [0.29, 0.717) is 18.8 Å². The van der Waals surface area contributed by atoms with E-state index in [-0.39, 0.29) is 12.2 Å². The van der Waals surface area contributed by atoms with E-state index in [0.717, 1.165) is 13.1 Å². The number of piperazine rings is 1. The molecule has 0 radical (unpaired) electrons. The summed E-state index contributed by atoms with van der Waals surface area (Å²) in [6.07, 6.45) is -0.129. The maximum Gasteiger partial charge on any atom is 0.321 e. The maximum absolute atomic E-state index is 12.8. The van der Waals surface area contributed by atoms with Gasteiger partial charge in [0.2, 0.25) is 5.91 Å². The molecule has 0 unspecified atom stereocenters. The number of nitrogens with zero attached hydrogens (tertiary/aromatic N) is 2. The fourth-order valence-corrected chi connectivity index (χ4v) is 2.43. The van der Waals surface area contributed by atoms with Crippen LogP contribution >= 0.6 is 0 Å². The molecule has 0 saturated carbocycles. The van der Waals surface area contributed by atoms with Crippen molar-refractivity contribution in [3.8, 4) is 0 Å². The molecule has 1 fully saturated rings. The van der Waals surface area contributed by atoms with E-state index in [1.807, 2.05) is 11.9 Å². The van der Waals surface area contributed by atoms with E-state index in [1.165, 1.54) is 24.3 Å². The van der Waals surface area contributed by atoms with Gasteiger partial charge in [0.05, 0.1) is 6.42 Å². The van der Waals surface area contributed by atoms with Gasteiger partial charge in [-0.1, -0.05) is 0 Å². The predicted molar refractivity (Wildman–Crippen MR) is 80.1 cm³/mol. The molecule has 0 spiro atoms. The summed E-state index contributed by atoms with van der Waals surface area (Å²) < 4.78 is 12.8. The molecule has 0 bridgehead atoms. The summed E-state index contributed by atoms with van der Waals surface area (Å²) in [5.41, 5.74) is 0.453. The molecule has 1 heterocycles. The minimum atomic E-state index is -1.00. The Bertz CT molecular complexity index is 527. The van der Waals surface area contributed by atoms with Gasteiger partial charge in [-0.15, -0.1) is 0 Å². The van der Waals surface area contributed by atoms with E-state index in [4.69, 9.17) is 0 Å². The van der Waals surface area contributed by atoms with Crippen molar-refractivity contribution in [2.45, 2.75) is 12.5 Å². The van der Waals surface area contributed by atoms with Crippen molar-refractivity contribution in [2.75, 3.05) is 38.5 Å². The second-order valence-corrected chi connectivity index (χ2v) is 5.45. The van der Waals surface area contributed by atoms with Gasteiger partial charge in [-0.25, -0.2) is 4.39 Å². The number of aliphatic carboxylic acids is 1. The summed E-state index contributed by atoms with van der Waals surface area (Å²) in [6.45, 7) is 2.81. The molecule has 2 N–H and O–H groups in total. The first-order valence-corrected chi connectivity index (χ1v) is 7.16. The number of rotatable bonds is 5. The maximum atomic E-state index is 12.8. The zero-order valence-corrected chi connectivity index (χ0v) is 12.5. The summed E-state index contributed by atoms with van der Waals surface area (Å²) in [5.74, 6) is -1.78. The summed E-state index contributed by atoms with van der Waals surface area (Å²) in [5, 5.41) is 12.0. The lowest BCUT2D eigenvalue weighted by atomic mass is 10.1. The summed E-state index contributed by atoms with van der Waals surface area (Å²) in [6, 6.07) is 4.53. The van der Waals surface area contributed by atoms with Gasteiger partial charge < -0.3 is 15.3 Å². The number of halogens is 1. The van der Waals surface area contributed by atoms with Crippen LogP contribution in [-0.2, 0) is 9.59 Å². The van der Waals surface area contributed by atoms with E-state index >= 15 is 0 Å². The van der Waals surface area contributed by atoms with Gasteiger partial charge in [0.15, 0.2) is 0 Å². The third-order valence-electron chi connectivity index (χ3n) is 3.77. The molecule has 0 aliphatic carbocycles. The lowest BCUT2D eigenvalue weighted by molar-refractivity contribution is -0.145. The van der Waals surface area contributed by atoms with Gasteiger partial charge in [-0.2, -0.15) is 0 Å². The van der Waals surface area contributed by atoms with Gasteiger partial charge in [0.1, 0.15) is 11.9 Å². The van der Waals surface area contributed by atoms with Crippen LogP contribution in [0.15, 0.2) is 24.3 Å². The highest BCUT2D eigenvalue weighted by Crippen LogP contribution is 2.12. The number of carbonyl (C=O) groups is 2. The largest absolute Gasteiger partial charge is 0.480 e. The minimum absolute atomic E-state index is 0.129. The Hall–Kier alpha value is -1.99. The first-order chi connectivity index (χ1) is 10.5. The summed E-state index contributed by atoms with van der Waals surface area (Å²) in [7, 11) is 1.98. The normalized spacial score (nSPS) is 17.9. The van der Waals surface area contributed by atoms with E-state index in [2.05, 4.69) is 10.2 Å². The van der Waals surface area contributed by atoms with Crippen LogP contribution in [0, 0.1) is 5.82 Å². The highest BCUT2D eigenvalue weighted by Gasteiger charge is 2.30. The molecule has 0 aromatic heterocycles. The van der Waals surface area contributed by atoms with Crippen LogP contribution in [0.1, 0.15) is 6.42 Å². The van der Waals surface area contributed by atoms with Crippen molar-refractivity contribution in [3.05, 3.63) is 30.1 Å². The van der Waals surface area contributed by atoms with Gasteiger partial charge in [-0.05, 0) is 31.3 Å². The number of carbonyl (C=O) groups excluding carboxylic acids is 1. The van der Waals surface area contributed by atoms with Crippen molar-refractivity contribution < 1.29 is 19.1 Å². The van der Waals surface area contributed by atoms with Crippen LogP contribution in [0.2, 0.25) is 0 Å². The summed E-state index contributed by atoms with van der Waals surface area (Å²) >= 11 is 0. The fraction of sp³-hybridized carbons (Fsp3) is 0.467. The molecule has 120 valence electrons. The molecule has 1 aromatic rings. The highest BCUT2D eigenvalue weighted by molar-refractivity contribution is 5.94. The number of amides is 1. The second kappa shape index (κ2) is 7.33. The Morgan fingerprint density at radius 3 is 2.36 bits per heavy atom. The highest BCUT2D eigenvalue weighted by atomic mass is 19.1. The second-order valence-electron chi connectivity index (χ2n) is 5.45. The average Bonchev–Trinajstić information content (AvgIpc) is 2.48. The lowest BCUT2D eigenvalue weighted by Gasteiger charge is -2.35. The smallest absolute Gasteiger partial charge is 0.321 e. The van der Waals surface area contributed by atoms with Crippen molar-refractivity contribution >= 4 is 17.6 Å². The number of nitrogens with one attached hydrogen (secondary N) is 1. The van der Waals surface area contributed by atoms with E-state index in [1.54, 1.807) is 0 Å². The quantitative estimate of drug-likeness (QED) is 0.844. The molecule has 1 aromatic carbocycles. The molecular formula is C15H20FN3O3. The van der Waals surface area contributed by atoms with Gasteiger partial charge >= 0.3 is 5.97 Å². The van der Waals surface area contributed by atoms with Crippen LogP contribution < -0.4 is 5.32 Å². The molecule has 1 amide bonds. The first-order valence-electron chi connectivity index (χ1n) is 7.16. The predicted octanol–water partition coefficient (Wildman–Crippen LogP) is 0.855. The molecule has 2 rings (SSSR count). The molecule has 1 atom stereocenters. The molecule has 6 nitrogen and oxygen atoms in total. The van der Waals surface area contributed by atoms with Gasteiger partial charge in [0, 0.05) is 31.9 Å². The van der Waals surface area contributed by atoms with Crippen LogP contribution in [0.25, 0.3) is 0 Å². The number of hydrogen-bond acceptors (Lipinski definition) is 4. The number of hydrogen-bond donors (Lipinski definition) is 2. The van der Waals surface area contributed by atoms with Crippen LogP contribution in [0.4, 0.5) is 10.1 Å². The molecule has 1 aliphatic heterocycles. The number of anilines is 1. The molecular weight excluding hydrogens is 289 g/mol. The van der Waals surface area contributed by atoms with Crippen molar-refractivity contribution in [1.82, 2.24) is 9.80 Å². The first kappa shape index (κ1) is 16.4. The molecule has 22 heavy (non-hydrogen) atoms. The standard InChI is InChI=1S/C15H20FN3O3/c1-18-6-8-19(9-7-18)13(15(21)22)10-14(20)17-12-4-2-11(16)3-5-12/h2-5,13H,6-10H2,1H3,(H,17,20)(H,21,22)/t13-/m0/s1. The zero-order valence-electron chi connectivity index (χ0n) is 12.5. The zero-order chi connectivity index (χ0) is 16.1. The van der Waals surface area contributed by atoms with E-state index < -0.39 is 17.9 Å². The van der Waals surface area contributed by atoms with Crippen LogP contribution in [-0.4, -0.2) is 66.1 Å². The van der Waals surface area contributed by atoms with E-state index in [9.17, 15) is 19.1 Å². The van der Waals surface area contributed by atoms with Crippen molar-refractivity contribution in [3.63, 3.8) is 0 Å². The van der Waals surface area contributed by atoms with Crippen LogP contribution in [0.5, 0.6) is 0 Å². The number of likely N-dealkylation sites (N-methyl/N-ethyl adjacent to an activating group) is 1. The van der Waals surface area contributed by atoms with Crippen molar-refractivity contribution in [2.24, 2.45) is 0 Å². The monoisotopic (exact) mass is 309 g/mol. The molecule has 1 saturated heterocycles. The third-order valence-corrected chi connectivity index (χ3v) is 3.77. The third kappa shape index (κ3) is 4.51. The Kier molecular flexibility index (Phi) is 5.46. The summed E-state index contributed by atoms with van der Waals surface area (Å²) in [4.78, 5) is 27.4. The topological polar surface area (TPSA) is 72.9 Å². The Morgan fingerprint density at radius 1 is 1.23 bits per heavy atom. The Morgan fingerprint density at radius 2 is 1.82 bits per heavy atom.